The van der Waals surface area contributed by atoms with Crippen molar-refractivity contribution in [3.63, 3.8) is 0 Å². The van der Waals surface area contributed by atoms with Crippen molar-refractivity contribution in [1.82, 2.24) is 0 Å². The number of carbonyl (C=O) groups is 2. The second-order valence-corrected chi connectivity index (χ2v) is 7.68. The molecular weight excluding hydrogens is 422 g/mol. The summed E-state index contributed by atoms with van der Waals surface area (Å²) in [7, 11) is 0. The first-order valence-electron chi connectivity index (χ1n) is 8.89. The number of rotatable bonds is 5. The zero-order valence-electron chi connectivity index (χ0n) is 15.4. The fourth-order valence-electron chi connectivity index (χ4n) is 2.88. The van der Waals surface area contributed by atoms with E-state index in [1.54, 1.807) is 42.5 Å². The maximum atomic E-state index is 12.8. The van der Waals surface area contributed by atoms with Gasteiger partial charge in [-0.25, -0.2) is 9.59 Å². The number of nitrogens with zero attached hydrogens (tertiary/aromatic N) is 1. The summed E-state index contributed by atoms with van der Waals surface area (Å²) >= 11 is 7.64. The highest BCUT2D eigenvalue weighted by Crippen LogP contribution is 2.36. The van der Waals surface area contributed by atoms with Crippen molar-refractivity contribution in [3.8, 4) is 5.75 Å². The van der Waals surface area contributed by atoms with Crippen LogP contribution in [0.15, 0.2) is 77.8 Å². The molecule has 148 valence electrons. The smallest absolute Gasteiger partial charge is 0.355 e. The van der Waals surface area contributed by atoms with Crippen molar-refractivity contribution < 1.29 is 19.4 Å². The van der Waals surface area contributed by atoms with Crippen LogP contribution in [0.25, 0.3) is 10.1 Å². The second kappa shape index (κ2) is 8.49. The van der Waals surface area contributed by atoms with Gasteiger partial charge in [0, 0.05) is 21.9 Å². The largest absolute Gasteiger partial charge is 0.478 e. The third-order valence-electron chi connectivity index (χ3n) is 4.32. The van der Waals surface area contributed by atoms with Crippen LogP contribution in [-0.2, 0) is 0 Å². The summed E-state index contributed by atoms with van der Waals surface area (Å²) in [6.45, 7) is 0. The van der Waals surface area contributed by atoms with Crippen LogP contribution in [0.1, 0.15) is 25.6 Å². The number of halogens is 1. The van der Waals surface area contributed by atoms with Crippen molar-refractivity contribution >= 4 is 56.9 Å². The predicted octanol–water partition coefficient (Wildman–Crippen LogP) is 6.22. The zero-order chi connectivity index (χ0) is 21.1. The Bertz CT molecular complexity index is 1300. The summed E-state index contributed by atoms with van der Waals surface area (Å²) in [5.74, 6) is -1.33. The lowest BCUT2D eigenvalue weighted by atomic mass is 10.2. The highest BCUT2D eigenvalue weighted by molar-refractivity contribution is 7.21. The molecule has 7 heteroatoms. The van der Waals surface area contributed by atoms with E-state index in [-0.39, 0.29) is 5.56 Å². The Morgan fingerprint density at radius 3 is 2.47 bits per heavy atom. The lowest BCUT2D eigenvalue weighted by molar-refractivity contribution is 0.0695. The van der Waals surface area contributed by atoms with Gasteiger partial charge in [-0.1, -0.05) is 54.1 Å². The number of carbonyl (C=O) groups excluding carboxylic acids is 1. The molecule has 1 heterocycles. The fourth-order valence-corrected chi connectivity index (χ4v) is 4.26. The molecule has 0 radical (unpaired) electrons. The van der Waals surface area contributed by atoms with Crippen LogP contribution >= 0.6 is 22.9 Å². The number of esters is 1. The van der Waals surface area contributed by atoms with E-state index in [9.17, 15) is 14.7 Å². The third-order valence-corrected chi connectivity index (χ3v) is 5.97. The zero-order valence-corrected chi connectivity index (χ0v) is 17.0. The van der Waals surface area contributed by atoms with E-state index >= 15 is 0 Å². The summed E-state index contributed by atoms with van der Waals surface area (Å²) in [6.07, 6.45) is 1.47. The number of hydrogen-bond acceptors (Lipinski definition) is 5. The third kappa shape index (κ3) is 3.96. The van der Waals surface area contributed by atoms with Gasteiger partial charge in [0.25, 0.3) is 0 Å². The van der Waals surface area contributed by atoms with E-state index in [0.717, 1.165) is 10.1 Å². The van der Waals surface area contributed by atoms with Gasteiger partial charge in [0.1, 0.15) is 10.6 Å². The minimum absolute atomic E-state index is 0.0836. The summed E-state index contributed by atoms with van der Waals surface area (Å²) in [5, 5.41) is 10.5. The van der Waals surface area contributed by atoms with E-state index in [2.05, 4.69) is 4.99 Å². The number of benzene rings is 3. The summed E-state index contributed by atoms with van der Waals surface area (Å²) < 4.78 is 6.49. The molecule has 0 atom stereocenters. The van der Waals surface area contributed by atoms with Crippen LogP contribution in [0.3, 0.4) is 0 Å². The Kier molecular flexibility index (Phi) is 5.61. The molecular formula is C23H14ClNO4S. The molecule has 4 rings (SSSR count). The molecule has 0 unspecified atom stereocenters. The molecule has 0 saturated carbocycles. The van der Waals surface area contributed by atoms with Gasteiger partial charge in [0.05, 0.1) is 16.3 Å². The molecule has 1 N–H and O–H groups in total. The van der Waals surface area contributed by atoms with E-state index in [0.29, 0.717) is 26.9 Å². The monoisotopic (exact) mass is 435 g/mol. The number of aliphatic imine (C=N–C) groups is 1. The molecule has 4 aromatic rings. The molecule has 0 aliphatic heterocycles. The minimum atomic E-state index is -1.07. The Morgan fingerprint density at radius 1 is 0.967 bits per heavy atom. The van der Waals surface area contributed by atoms with E-state index in [1.807, 2.05) is 24.3 Å². The first-order valence-corrected chi connectivity index (χ1v) is 10.1. The standard InChI is InChI=1S/C23H14ClNO4S/c24-20-16-9-3-6-12-19(16)30-21(20)23(28)29-18-11-5-1-7-14(18)13-25-17-10-4-2-8-15(17)22(26)27/h1-13H,(H,26,27). The normalized spacial score (nSPS) is 11.1. The molecule has 0 bridgehead atoms. The van der Waals surface area contributed by atoms with Gasteiger partial charge < -0.3 is 9.84 Å². The van der Waals surface area contributed by atoms with Gasteiger partial charge in [0.15, 0.2) is 0 Å². The van der Waals surface area contributed by atoms with Gasteiger partial charge >= 0.3 is 11.9 Å². The lowest BCUT2D eigenvalue weighted by Crippen LogP contribution is -2.08. The topological polar surface area (TPSA) is 76.0 Å². The van der Waals surface area contributed by atoms with Gasteiger partial charge in [-0.3, -0.25) is 4.99 Å². The Balaban J connectivity index is 1.63. The molecule has 3 aromatic carbocycles. The highest BCUT2D eigenvalue weighted by atomic mass is 35.5. The number of para-hydroxylation sites is 2. The molecule has 1 aromatic heterocycles. The predicted molar refractivity (Wildman–Crippen MR) is 119 cm³/mol. The molecule has 0 amide bonds. The second-order valence-electron chi connectivity index (χ2n) is 6.25. The van der Waals surface area contributed by atoms with E-state index in [1.165, 1.54) is 23.6 Å². The number of hydrogen-bond donors (Lipinski definition) is 1. The Labute approximate surface area is 180 Å². The van der Waals surface area contributed by atoms with Crippen LogP contribution in [0, 0.1) is 0 Å². The molecule has 0 aliphatic carbocycles. The maximum Gasteiger partial charge on any atom is 0.355 e. The highest BCUT2D eigenvalue weighted by Gasteiger charge is 2.19. The van der Waals surface area contributed by atoms with Crippen molar-refractivity contribution in [2.75, 3.05) is 0 Å². The van der Waals surface area contributed by atoms with E-state index < -0.39 is 11.9 Å². The fraction of sp³-hybridized carbons (Fsp3) is 0. The molecule has 0 saturated heterocycles. The van der Waals surface area contributed by atoms with Crippen molar-refractivity contribution in [3.05, 3.63) is 93.8 Å². The molecule has 5 nitrogen and oxygen atoms in total. The summed E-state index contributed by atoms with van der Waals surface area (Å²) in [6, 6.07) is 20.8. The van der Waals surface area contributed by atoms with Gasteiger partial charge in [0.2, 0.25) is 0 Å². The average molecular weight is 436 g/mol. The molecule has 30 heavy (non-hydrogen) atoms. The van der Waals surface area contributed by atoms with Crippen molar-refractivity contribution in [2.24, 2.45) is 4.99 Å². The van der Waals surface area contributed by atoms with Gasteiger partial charge in [-0.05, 0) is 30.3 Å². The van der Waals surface area contributed by atoms with E-state index in [4.69, 9.17) is 16.3 Å². The van der Waals surface area contributed by atoms with Crippen molar-refractivity contribution in [2.45, 2.75) is 0 Å². The maximum absolute atomic E-state index is 12.8. The van der Waals surface area contributed by atoms with Gasteiger partial charge in [-0.2, -0.15) is 0 Å². The summed E-state index contributed by atoms with van der Waals surface area (Å²) in [4.78, 5) is 28.7. The number of ether oxygens (including phenoxy) is 1. The molecule has 0 aliphatic rings. The van der Waals surface area contributed by atoms with Gasteiger partial charge in [-0.15, -0.1) is 11.3 Å². The lowest BCUT2D eigenvalue weighted by Gasteiger charge is -2.07. The van der Waals surface area contributed by atoms with Crippen molar-refractivity contribution in [1.29, 1.82) is 0 Å². The first-order chi connectivity index (χ1) is 14.5. The van der Waals surface area contributed by atoms with Crippen LogP contribution in [-0.4, -0.2) is 23.3 Å². The molecule has 0 fully saturated rings. The Morgan fingerprint density at radius 2 is 1.67 bits per heavy atom. The van der Waals surface area contributed by atoms with Crippen LogP contribution in [0.2, 0.25) is 5.02 Å². The number of fused-ring (bicyclic) bond motifs is 1. The quantitative estimate of drug-likeness (QED) is 0.229. The average Bonchev–Trinajstić information content (AvgIpc) is 3.10. The van der Waals surface area contributed by atoms with Crippen LogP contribution in [0.5, 0.6) is 5.75 Å². The van der Waals surface area contributed by atoms with Crippen LogP contribution in [0.4, 0.5) is 5.69 Å². The number of aromatic carboxylic acids is 1. The number of carboxylic acid groups (broad SMARTS) is 1. The summed E-state index contributed by atoms with van der Waals surface area (Å²) in [5.41, 5.74) is 0.919. The minimum Gasteiger partial charge on any atom is -0.478 e. The number of carboxylic acids is 1. The Hall–Kier alpha value is -3.48. The number of thiophene rings is 1. The SMILES string of the molecule is O=C(O)c1ccccc1N=Cc1ccccc1OC(=O)c1sc2ccccc2c1Cl. The van der Waals surface area contributed by atoms with Crippen LogP contribution < -0.4 is 4.74 Å². The first kappa shape index (κ1) is 19.8. The molecule has 0 spiro atoms.